The second kappa shape index (κ2) is 7.37. The molecule has 5 heteroatoms. The number of benzene rings is 3. The van der Waals surface area contributed by atoms with Crippen LogP contribution in [-0.4, -0.2) is 26.7 Å². The molecular weight excluding hydrogens is 353 g/mol. The third-order valence-corrected chi connectivity index (χ3v) is 4.84. The Kier molecular flexibility index (Phi) is 4.75. The molecule has 0 atom stereocenters. The van der Waals surface area contributed by atoms with Crippen LogP contribution in [0.15, 0.2) is 66.7 Å². The molecule has 0 aliphatic carbocycles. The zero-order valence-corrected chi connectivity index (χ0v) is 15.7. The van der Waals surface area contributed by atoms with E-state index >= 15 is 0 Å². The van der Waals surface area contributed by atoms with Crippen molar-refractivity contribution in [2.75, 3.05) is 6.61 Å². The molecular formula is C23H20FN3O. The molecule has 0 radical (unpaired) electrons. The van der Waals surface area contributed by atoms with E-state index in [-0.39, 0.29) is 12.4 Å². The van der Waals surface area contributed by atoms with E-state index in [4.69, 9.17) is 0 Å². The summed E-state index contributed by atoms with van der Waals surface area (Å²) in [4.78, 5) is 0. The first-order valence-electron chi connectivity index (χ1n) is 9.07. The van der Waals surface area contributed by atoms with Gasteiger partial charge in [-0.3, -0.25) is 0 Å². The van der Waals surface area contributed by atoms with E-state index in [1.165, 1.54) is 12.1 Å². The number of aliphatic hydroxyl groups excluding tert-OH is 1. The Morgan fingerprint density at radius 2 is 1.75 bits per heavy atom. The van der Waals surface area contributed by atoms with E-state index < -0.39 is 0 Å². The van der Waals surface area contributed by atoms with Crippen molar-refractivity contribution in [2.24, 2.45) is 0 Å². The van der Waals surface area contributed by atoms with Crippen LogP contribution in [0.4, 0.5) is 4.39 Å². The summed E-state index contributed by atoms with van der Waals surface area (Å²) in [6.45, 7) is 3.83. The maximum absolute atomic E-state index is 13.6. The van der Waals surface area contributed by atoms with Crippen LogP contribution in [0.25, 0.3) is 22.3 Å². The zero-order chi connectivity index (χ0) is 19.7. The van der Waals surface area contributed by atoms with E-state index in [0.29, 0.717) is 11.3 Å². The van der Waals surface area contributed by atoms with Crippen molar-refractivity contribution in [3.8, 4) is 0 Å². The van der Waals surface area contributed by atoms with Gasteiger partial charge in [0.05, 0.1) is 17.8 Å². The molecule has 0 saturated heterocycles. The third kappa shape index (κ3) is 3.21. The number of hydrogen-bond acceptors (Lipinski definition) is 3. The Bertz CT molecular complexity index is 1180. The first kappa shape index (κ1) is 18.1. The molecule has 0 spiro atoms. The SMILES string of the molecule is Cc1ccc(C)c(/C(CO)=C(/c2ccc(F)cc2)n2nnc3ccccc32)c1. The van der Waals surface area contributed by atoms with E-state index in [2.05, 4.69) is 10.3 Å². The lowest BCUT2D eigenvalue weighted by molar-refractivity contribution is 0.350. The Balaban J connectivity index is 2.08. The van der Waals surface area contributed by atoms with Gasteiger partial charge in [0.25, 0.3) is 0 Å². The van der Waals surface area contributed by atoms with E-state index in [1.54, 1.807) is 16.8 Å². The molecule has 140 valence electrons. The molecule has 1 N–H and O–H groups in total. The van der Waals surface area contributed by atoms with Crippen LogP contribution >= 0.6 is 0 Å². The van der Waals surface area contributed by atoms with Crippen LogP contribution < -0.4 is 0 Å². The summed E-state index contributed by atoms with van der Waals surface area (Å²) in [5.74, 6) is -0.316. The molecule has 3 aromatic carbocycles. The predicted octanol–water partition coefficient (Wildman–Crippen LogP) is 4.60. The fourth-order valence-electron chi connectivity index (χ4n) is 3.41. The number of nitrogens with zero attached hydrogens (tertiary/aromatic N) is 3. The van der Waals surface area contributed by atoms with Crippen molar-refractivity contribution >= 4 is 22.3 Å². The smallest absolute Gasteiger partial charge is 0.123 e. The van der Waals surface area contributed by atoms with Gasteiger partial charge in [-0.1, -0.05) is 41.1 Å². The number of fused-ring (bicyclic) bond motifs is 1. The molecule has 28 heavy (non-hydrogen) atoms. The average molecular weight is 373 g/mol. The molecule has 0 fully saturated rings. The van der Waals surface area contributed by atoms with Gasteiger partial charge in [-0.25, -0.2) is 9.07 Å². The molecule has 0 aliphatic heterocycles. The fraction of sp³-hybridized carbons (Fsp3) is 0.130. The fourth-order valence-corrected chi connectivity index (χ4v) is 3.41. The molecule has 0 unspecified atom stereocenters. The lowest BCUT2D eigenvalue weighted by Gasteiger charge is -2.17. The number of halogens is 1. The quantitative estimate of drug-likeness (QED) is 0.532. The largest absolute Gasteiger partial charge is 0.392 e. The van der Waals surface area contributed by atoms with Crippen molar-refractivity contribution in [3.05, 3.63) is 94.8 Å². The first-order chi connectivity index (χ1) is 13.6. The number of rotatable bonds is 4. The van der Waals surface area contributed by atoms with Gasteiger partial charge in [-0.15, -0.1) is 5.10 Å². The van der Waals surface area contributed by atoms with Gasteiger partial charge >= 0.3 is 0 Å². The zero-order valence-electron chi connectivity index (χ0n) is 15.7. The van der Waals surface area contributed by atoms with Crippen LogP contribution in [0.2, 0.25) is 0 Å². The summed E-state index contributed by atoms with van der Waals surface area (Å²) in [7, 11) is 0. The molecule has 4 nitrogen and oxygen atoms in total. The van der Waals surface area contributed by atoms with Crippen LogP contribution in [0.5, 0.6) is 0 Å². The van der Waals surface area contributed by atoms with Gasteiger partial charge in [-0.2, -0.15) is 0 Å². The Labute approximate surface area is 162 Å². The molecule has 0 saturated carbocycles. The second-order valence-corrected chi connectivity index (χ2v) is 6.80. The highest BCUT2D eigenvalue weighted by molar-refractivity contribution is 5.95. The van der Waals surface area contributed by atoms with Crippen LogP contribution in [-0.2, 0) is 0 Å². The molecule has 0 aliphatic rings. The minimum Gasteiger partial charge on any atom is -0.392 e. The Morgan fingerprint density at radius 1 is 1.00 bits per heavy atom. The molecule has 0 bridgehead atoms. The lowest BCUT2D eigenvalue weighted by atomic mass is 9.94. The van der Waals surface area contributed by atoms with Crippen molar-refractivity contribution in [2.45, 2.75) is 13.8 Å². The number of hydrogen-bond donors (Lipinski definition) is 1. The summed E-state index contributed by atoms with van der Waals surface area (Å²) < 4.78 is 15.3. The first-order valence-corrected chi connectivity index (χ1v) is 9.07. The third-order valence-electron chi connectivity index (χ3n) is 4.84. The highest BCUT2D eigenvalue weighted by atomic mass is 19.1. The van der Waals surface area contributed by atoms with Gasteiger partial charge in [0.15, 0.2) is 0 Å². The minimum atomic E-state index is -0.316. The normalized spacial score (nSPS) is 12.3. The average Bonchev–Trinajstić information content (AvgIpc) is 3.13. The molecule has 0 amide bonds. The van der Waals surface area contributed by atoms with Gasteiger partial charge in [0, 0.05) is 11.1 Å². The van der Waals surface area contributed by atoms with Crippen molar-refractivity contribution in [1.82, 2.24) is 15.0 Å². The monoisotopic (exact) mass is 373 g/mol. The predicted molar refractivity (Wildman–Crippen MR) is 109 cm³/mol. The number of aromatic nitrogens is 3. The maximum Gasteiger partial charge on any atom is 0.123 e. The van der Waals surface area contributed by atoms with Gasteiger partial charge in [0.1, 0.15) is 11.3 Å². The van der Waals surface area contributed by atoms with Crippen LogP contribution in [0.3, 0.4) is 0 Å². The Morgan fingerprint density at radius 3 is 2.50 bits per heavy atom. The molecule has 1 heterocycles. The topological polar surface area (TPSA) is 50.9 Å². The minimum absolute atomic E-state index is 0.189. The summed E-state index contributed by atoms with van der Waals surface area (Å²) in [6, 6.07) is 20.0. The summed E-state index contributed by atoms with van der Waals surface area (Å²) in [5.41, 5.74) is 6.78. The molecule has 4 aromatic rings. The summed E-state index contributed by atoms with van der Waals surface area (Å²) in [6.07, 6.45) is 0. The summed E-state index contributed by atoms with van der Waals surface area (Å²) >= 11 is 0. The van der Waals surface area contributed by atoms with Gasteiger partial charge in [0.2, 0.25) is 0 Å². The van der Waals surface area contributed by atoms with Crippen molar-refractivity contribution < 1.29 is 9.50 Å². The van der Waals surface area contributed by atoms with Crippen LogP contribution in [0, 0.1) is 19.7 Å². The molecule has 1 aromatic heterocycles. The van der Waals surface area contributed by atoms with E-state index in [9.17, 15) is 9.50 Å². The van der Waals surface area contributed by atoms with Crippen molar-refractivity contribution in [1.29, 1.82) is 0 Å². The number of aliphatic hydroxyl groups is 1. The van der Waals surface area contributed by atoms with E-state index in [1.807, 2.05) is 56.3 Å². The van der Waals surface area contributed by atoms with Crippen LogP contribution in [0.1, 0.15) is 22.3 Å². The van der Waals surface area contributed by atoms with Gasteiger partial charge in [-0.05, 0) is 61.4 Å². The van der Waals surface area contributed by atoms with Crippen molar-refractivity contribution in [3.63, 3.8) is 0 Å². The number of aryl methyl sites for hydroxylation is 2. The van der Waals surface area contributed by atoms with E-state index in [0.717, 1.165) is 33.3 Å². The lowest BCUT2D eigenvalue weighted by Crippen LogP contribution is -2.08. The number of para-hydroxylation sites is 1. The standard InChI is InChI=1S/C23H20FN3O/c1-15-7-8-16(2)19(13-15)20(14-28)23(17-9-11-18(24)12-10-17)27-22-6-4-3-5-21(22)25-26-27/h3-13,28H,14H2,1-2H3/b23-20-. The highest BCUT2D eigenvalue weighted by Crippen LogP contribution is 2.31. The van der Waals surface area contributed by atoms with Gasteiger partial charge < -0.3 is 5.11 Å². The maximum atomic E-state index is 13.6. The Hall–Kier alpha value is -3.31. The summed E-state index contributed by atoms with van der Waals surface area (Å²) in [5, 5.41) is 19.0. The highest BCUT2D eigenvalue weighted by Gasteiger charge is 2.18. The second-order valence-electron chi connectivity index (χ2n) is 6.80. The molecule has 4 rings (SSSR count).